The molecule has 2 rings (SSSR count). The summed E-state index contributed by atoms with van der Waals surface area (Å²) in [5.41, 5.74) is 6.44. The second-order valence-corrected chi connectivity index (χ2v) is 7.54. The molecule has 0 saturated carbocycles. The SMILES string of the molecule is C/C=C(\C)OC.C/C=C/C(C)=N/Nc1ccc(-c2ccc(C(=O)NCCN(C)C)cc2)cn1.CC.CC. The summed E-state index contributed by atoms with van der Waals surface area (Å²) in [6.45, 7) is 17.2. The number of pyridine rings is 1. The highest BCUT2D eigenvalue weighted by atomic mass is 16.5. The van der Waals surface area contributed by atoms with Crippen molar-refractivity contribution in [3.8, 4) is 11.1 Å². The van der Waals surface area contributed by atoms with E-state index in [9.17, 15) is 4.79 Å². The van der Waals surface area contributed by atoms with Gasteiger partial charge >= 0.3 is 0 Å². The minimum absolute atomic E-state index is 0.0598. The summed E-state index contributed by atoms with van der Waals surface area (Å²) in [7, 11) is 5.62. The molecule has 0 saturated heterocycles. The largest absolute Gasteiger partial charge is 0.502 e. The van der Waals surface area contributed by atoms with E-state index in [1.807, 2.05) is 129 Å². The van der Waals surface area contributed by atoms with Crippen LogP contribution in [-0.4, -0.2) is 55.8 Å². The average molecular weight is 512 g/mol. The number of methoxy groups -OCH3 is 1. The first-order valence-corrected chi connectivity index (χ1v) is 12.9. The van der Waals surface area contributed by atoms with Crippen LogP contribution in [0.25, 0.3) is 11.1 Å². The van der Waals surface area contributed by atoms with Gasteiger partial charge in [0.1, 0.15) is 5.82 Å². The number of ether oxygens (including phenoxy) is 1. The molecule has 2 N–H and O–H groups in total. The Bertz CT molecular complexity index is 931. The average Bonchev–Trinajstić information content (AvgIpc) is 2.94. The Morgan fingerprint density at radius 1 is 1.00 bits per heavy atom. The molecule has 0 atom stereocenters. The molecule has 0 unspecified atom stereocenters. The third-order valence-electron chi connectivity index (χ3n) is 4.57. The number of hydrogen-bond acceptors (Lipinski definition) is 6. The molecule has 206 valence electrons. The van der Waals surface area contributed by atoms with Gasteiger partial charge in [-0.1, -0.05) is 52.0 Å². The van der Waals surface area contributed by atoms with Crippen molar-refractivity contribution in [1.29, 1.82) is 0 Å². The topological polar surface area (TPSA) is 78.8 Å². The summed E-state index contributed by atoms with van der Waals surface area (Å²) < 4.78 is 4.76. The minimum Gasteiger partial charge on any atom is -0.502 e. The third-order valence-corrected chi connectivity index (χ3v) is 4.57. The summed E-state index contributed by atoms with van der Waals surface area (Å²) in [5, 5.41) is 7.13. The summed E-state index contributed by atoms with van der Waals surface area (Å²) >= 11 is 0. The molecule has 0 fully saturated rings. The molecule has 37 heavy (non-hydrogen) atoms. The second kappa shape index (κ2) is 23.0. The highest BCUT2D eigenvalue weighted by molar-refractivity contribution is 5.94. The van der Waals surface area contributed by atoms with Crippen LogP contribution in [0.1, 0.15) is 65.7 Å². The second-order valence-electron chi connectivity index (χ2n) is 7.54. The van der Waals surface area contributed by atoms with Crippen LogP contribution in [0.4, 0.5) is 5.82 Å². The van der Waals surface area contributed by atoms with Crippen molar-refractivity contribution in [2.75, 3.05) is 39.7 Å². The van der Waals surface area contributed by atoms with E-state index in [-0.39, 0.29) is 5.91 Å². The maximum absolute atomic E-state index is 12.1. The van der Waals surface area contributed by atoms with E-state index in [0.29, 0.717) is 17.9 Å². The number of rotatable bonds is 9. The molecular formula is C30H49N5O2. The van der Waals surface area contributed by atoms with Crippen molar-refractivity contribution in [3.05, 3.63) is 72.1 Å². The number of likely N-dealkylation sites (N-methyl/N-ethyl adjacent to an activating group) is 1. The van der Waals surface area contributed by atoms with Crippen LogP contribution in [0.5, 0.6) is 0 Å². The smallest absolute Gasteiger partial charge is 0.251 e. The van der Waals surface area contributed by atoms with E-state index in [4.69, 9.17) is 4.74 Å². The number of aromatic nitrogens is 1. The van der Waals surface area contributed by atoms with Crippen LogP contribution in [0.2, 0.25) is 0 Å². The summed E-state index contributed by atoms with van der Waals surface area (Å²) in [6.07, 6.45) is 7.55. The molecule has 2 aromatic rings. The number of carbonyl (C=O) groups is 1. The standard InChI is InChI=1S/C21H27N5O.C5H10O.2C2H6/c1-5-6-16(2)24-25-20-12-11-19(15-23-20)17-7-9-18(10-8-17)21(27)22-13-14-26(3)4;1-4-5(2)6-3;2*1-2/h5-12,15H,13-14H2,1-4H3,(H,22,27)(H,23,25);4H,1-3H3;2*1-2H3/b6-5+,24-16+;5-4+;;. The maximum Gasteiger partial charge on any atom is 0.251 e. The van der Waals surface area contributed by atoms with Gasteiger partial charge in [0.25, 0.3) is 5.91 Å². The highest BCUT2D eigenvalue weighted by Crippen LogP contribution is 2.20. The first-order valence-electron chi connectivity index (χ1n) is 12.9. The molecule has 7 heteroatoms. The number of benzene rings is 1. The first kappa shape index (κ1) is 35.7. The molecule has 7 nitrogen and oxygen atoms in total. The summed E-state index contributed by atoms with van der Waals surface area (Å²) in [5.74, 6) is 1.59. The molecule has 1 heterocycles. The lowest BCUT2D eigenvalue weighted by Crippen LogP contribution is -2.31. The Kier molecular flexibility index (Phi) is 22.2. The zero-order valence-electron chi connectivity index (χ0n) is 24.8. The van der Waals surface area contributed by atoms with Crippen LogP contribution in [-0.2, 0) is 4.74 Å². The van der Waals surface area contributed by atoms with Gasteiger partial charge in [-0.15, -0.1) is 0 Å². The lowest BCUT2D eigenvalue weighted by atomic mass is 10.1. The van der Waals surface area contributed by atoms with Crippen LogP contribution >= 0.6 is 0 Å². The monoisotopic (exact) mass is 511 g/mol. The quantitative estimate of drug-likeness (QED) is 0.215. The Balaban J connectivity index is 0. The Morgan fingerprint density at radius 2 is 1.59 bits per heavy atom. The summed E-state index contributed by atoms with van der Waals surface area (Å²) in [6, 6.07) is 11.4. The van der Waals surface area contributed by atoms with Crippen molar-refractivity contribution in [1.82, 2.24) is 15.2 Å². The predicted molar refractivity (Wildman–Crippen MR) is 161 cm³/mol. The molecule has 0 spiro atoms. The number of amides is 1. The van der Waals surface area contributed by atoms with E-state index < -0.39 is 0 Å². The normalized spacial score (nSPS) is 10.8. The molecule has 0 aliphatic carbocycles. The van der Waals surface area contributed by atoms with Crippen molar-refractivity contribution in [3.63, 3.8) is 0 Å². The number of hydrogen-bond donors (Lipinski definition) is 2. The van der Waals surface area contributed by atoms with Crippen molar-refractivity contribution in [2.45, 2.75) is 55.4 Å². The highest BCUT2D eigenvalue weighted by Gasteiger charge is 2.06. The van der Waals surface area contributed by atoms with Gasteiger partial charge in [-0.05, 0) is 77.7 Å². The van der Waals surface area contributed by atoms with Crippen molar-refractivity contribution < 1.29 is 9.53 Å². The zero-order chi connectivity index (χ0) is 28.6. The lowest BCUT2D eigenvalue weighted by Gasteiger charge is -2.10. The fourth-order valence-corrected chi connectivity index (χ4v) is 2.48. The number of hydrazone groups is 1. The van der Waals surface area contributed by atoms with Gasteiger partial charge in [0.15, 0.2) is 0 Å². The summed E-state index contributed by atoms with van der Waals surface area (Å²) in [4.78, 5) is 18.5. The first-order chi connectivity index (χ1) is 17.8. The van der Waals surface area contributed by atoms with E-state index in [0.717, 1.165) is 29.1 Å². The number of carbonyl (C=O) groups excluding carboxylic acids is 1. The molecule has 0 radical (unpaired) electrons. The van der Waals surface area contributed by atoms with Gasteiger partial charge in [-0.25, -0.2) is 4.98 Å². The van der Waals surface area contributed by atoms with Gasteiger partial charge in [-0.2, -0.15) is 5.10 Å². The molecular weight excluding hydrogens is 462 g/mol. The predicted octanol–water partition coefficient (Wildman–Crippen LogP) is 7.01. The van der Waals surface area contributed by atoms with Gasteiger partial charge in [0.05, 0.1) is 18.6 Å². The molecule has 1 aromatic carbocycles. The fourth-order valence-electron chi connectivity index (χ4n) is 2.48. The zero-order valence-corrected chi connectivity index (χ0v) is 24.8. The molecule has 0 aliphatic rings. The van der Waals surface area contributed by atoms with Crippen LogP contribution in [0.3, 0.4) is 0 Å². The van der Waals surface area contributed by atoms with E-state index >= 15 is 0 Å². The Labute approximate surface area is 225 Å². The van der Waals surface area contributed by atoms with Gasteiger partial charge in [0, 0.05) is 30.4 Å². The van der Waals surface area contributed by atoms with Gasteiger partial charge in [-0.3, -0.25) is 10.2 Å². The molecule has 0 bridgehead atoms. The number of nitrogens with zero attached hydrogens (tertiary/aromatic N) is 3. The van der Waals surface area contributed by atoms with E-state index in [1.54, 1.807) is 13.3 Å². The van der Waals surface area contributed by atoms with E-state index in [1.165, 1.54) is 0 Å². The van der Waals surface area contributed by atoms with Crippen LogP contribution in [0, 0.1) is 0 Å². The maximum atomic E-state index is 12.1. The lowest BCUT2D eigenvalue weighted by molar-refractivity contribution is 0.0951. The Hall–Kier alpha value is -3.45. The van der Waals surface area contributed by atoms with Gasteiger partial charge < -0.3 is 15.0 Å². The van der Waals surface area contributed by atoms with Crippen molar-refractivity contribution in [2.24, 2.45) is 5.10 Å². The number of anilines is 1. The number of allylic oxidation sites excluding steroid dienone is 4. The fraction of sp³-hybridized carbons (Fsp3) is 0.433. The molecule has 1 amide bonds. The minimum atomic E-state index is -0.0598. The Morgan fingerprint density at radius 3 is 2.03 bits per heavy atom. The molecule has 0 aliphatic heterocycles. The van der Waals surface area contributed by atoms with E-state index in [2.05, 4.69) is 20.8 Å². The van der Waals surface area contributed by atoms with Crippen molar-refractivity contribution >= 4 is 17.4 Å². The van der Waals surface area contributed by atoms with Crippen LogP contribution in [0.15, 0.2) is 71.7 Å². The van der Waals surface area contributed by atoms with Crippen LogP contribution < -0.4 is 10.7 Å². The third kappa shape index (κ3) is 16.8. The number of nitrogens with one attached hydrogen (secondary N) is 2. The van der Waals surface area contributed by atoms with Gasteiger partial charge in [0.2, 0.25) is 0 Å². The molecule has 1 aromatic heterocycles.